The molecular weight excluding hydrogens is 240 g/mol. The lowest BCUT2D eigenvalue weighted by atomic mass is 9.76. The van der Waals surface area contributed by atoms with E-state index < -0.39 is 29.1 Å². The van der Waals surface area contributed by atoms with Gasteiger partial charge in [-0.2, -0.15) is 0 Å². The maximum absolute atomic E-state index is 11.6. The highest BCUT2D eigenvalue weighted by Crippen LogP contribution is 2.47. The molecule has 1 rings (SSSR count). The fourth-order valence-electron chi connectivity index (χ4n) is 1.99. The first-order chi connectivity index (χ1) is 8.24. The van der Waals surface area contributed by atoms with Gasteiger partial charge in [0.2, 0.25) is 0 Å². The highest BCUT2D eigenvalue weighted by atomic mass is 16.6. The second-order valence-corrected chi connectivity index (χ2v) is 4.48. The highest BCUT2D eigenvalue weighted by molar-refractivity contribution is 5.89. The van der Waals surface area contributed by atoms with E-state index in [1.807, 2.05) is 0 Å². The van der Waals surface area contributed by atoms with Gasteiger partial charge in [-0.25, -0.2) is 9.59 Å². The van der Waals surface area contributed by atoms with Crippen LogP contribution in [-0.2, 0) is 23.8 Å². The van der Waals surface area contributed by atoms with Gasteiger partial charge in [0.05, 0.1) is 20.8 Å². The molecule has 1 aliphatic rings. The molecule has 102 valence electrons. The van der Waals surface area contributed by atoms with Gasteiger partial charge in [-0.3, -0.25) is 0 Å². The lowest BCUT2D eigenvalue weighted by Crippen LogP contribution is -2.54. The van der Waals surface area contributed by atoms with Gasteiger partial charge in [-0.1, -0.05) is 13.5 Å². The molecule has 0 aromatic rings. The number of esters is 2. The number of hydrogen-bond acceptors (Lipinski definition) is 6. The number of carbonyl (C=O) groups excluding carboxylic acids is 2. The van der Waals surface area contributed by atoms with Crippen LogP contribution in [0.25, 0.3) is 0 Å². The number of carbonyl (C=O) groups is 2. The van der Waals surface area contributed by atoms with Crippen LogP contribution < -0.4 is 0 Å². The molecule has 0 saturated carbocycles. The molecule has 6 heteroatoms. The zero-order valence-corrected chi connectivity index (χ0v) is 11.0. The Hall–Kier alpha value is -1.40. The first kappa shape index (κ1) is 14.7. The zero-order valence-electron chi connectivity index (χ0n) is 11.0. The molecule has 0 amide bonds. The summed E-state index contributed by atoms with van der Waals surface area (Å²) in [5.74, 6) is -1.98. The van der Waals surface area contributed by atoms with Gasteiger partial charge in [-0.15, -0.1) is 0 Å². The van der Waals surface area contributed by atoms with E-state index in [4.69, 9.17) is 4.74 Å². The van der Waals surface area contributed by atoms with Crippen LogP contribution in [0.1, 0.15) is 13.8 Å². The fourth-order valence-corrected chi connectivity index (χ4v) is 1.99. The van der Waals surface area contributed by atoms with Crippen molar-refractivity contribution in [2.45, 2.75) is 25.0 Å². The molecule has 0 radical (unpaired) electrons. The van der Waals surface area contributed by atoms with E-state index in [1.54, 1.807) is 6.92 Å². The van der Waals surface area contributed by atoms with Crippen LogP contribution in [0.4, 0.5) is 0 Å². The number of ether oxygens (including phenoxy) is 3. The monoisotopic (exact) mass is 258 g/mol. The molecule has 1 saturated heterocycles. The fraction of sp³-hybridized carbons (Fsp3) is 0.667. The first-order valence-corrected chi connectivity index (χ1v) is 5.46. The number of rotatable bonds is 5. The number of aliphatic hydroxyl groups is 1. The Balaban J connectivity index is 2.98. The Kier molecular flexibility index (Phi) is 3.83. The van der Waals surface area contributed by atoms with Gasteiger partial charge in [0.15, 0.2) is 5.60 Å². The normalized spacial score (nSPS) is 26.7. The molecule has 3 atom stereocenters. The number of epoxide rings is 1. The second kappa shape index (κ2) is 4.70. The van der Waals surface area contributed by atoms with E-state index in [-0.39, 0.29) is 12.2 Å². The van der Waals surface area contributed by atoms with E-state index in [9.17, 15) is 14.7 Å². The van der Waals surface area contributed by atoms with Crippen molar-refractivity contribution in [1.82, 2.24) is 0 Å². The van der Waals surface area contributed by atoms with Crippen molar-refractivity contribution in [1.29, 1.82) is 0 Å². The molecule has 18 heavy (non-hydrogen) atoms. The summed E-state index contributed by atoms with van der Waals surface area (Å²) in [5.41, 5.74) is -2.90. The van der Waals surface area contributed by atoms with Crippen molar-refractivity contribution in [3.8, 4) is 0 Å². The first-order valence-electron chi connectivity index (χ1n) is 5.46. The third-order valence-electron chi connectivity index (χ3n) is 3.53. The summed E-state index contributed by atoms with van der Waals surface area (Å²) in [6, 6.07) is 0. The average Bonchev–Trinajstić information content (AvgIpc) is 3.16. The Morgan fingerprint density at radius 1 is 1.44 bits per heavy atom. The molecule has 0 aliphatic carbocycles. The number of methoxy groups -OCH3 is 2. The average molecular weight is 258 g/mol. The molecule has 0 bridgehead atoms. The predicted molar refractivity (Wildman–Crippen MR) is 61.6 cm³/mol. The van der Waals surface area contributed by atoms with Gasteiger partial charge in [0, 0.05) is 11.5 Å². The molecule has 1 N–H and O–H groups in total. The van der Waals surface area contributed by atoms with Crippen LogP contribution in [0.15, 0.2) is 12.2 Å². The summed E-state index contributed by atoms with van der Waals surface area (Å²) >= 11 is 0. The largest absolute Gasteiger partial charge is 0.467 e. The molecule has 0 unspecified atom stereocenters. The SMILES string of the molecule is C=C(C(=O)OC)[C@H](C)[C@]1([C@@](C)(O)C(=O)OC)CO1. The molecule has 1 fully saturated rings. The van der Waals surface area contributed by atoms with Crippen LogP contribution in [0.2, 0.25) is 0 Å². The summed E-state index contributed by atoms with van der Waals surface area (Å²) in [7, 11) is 2.41. The Morgan fingerprint density at radius 2 is 1.94 bits per heavy atom. The zero-order chi connectivity index (χ0) is 14.1. The van der Waals surface area contributed by atoms with Crippen molar-refractivity contribution < 1.29 is 28.9 Å². The van der Waals surface area contributed by atoms with Gasteiger partial charge in [-0.05, 0) is 6.92 Å². The van der Waals surface area contributed by atoms with Gasteiger partial charge in [0.1, 0.15) is 5.60 Å². The predicted octanol–water partition coefficient (Wildman–Crippen LogP) is 0.0447. The molecule has 1 aliphatic heterocycles. The molecule has 0 spiro atoms. The van der Waals surface area contributed by atoms with Crippen molar-refractivity contribution >= 4 is 11.9 Å². The highest BCUT2D eigenvalue weighted by Gasteiger charge is 2.67. The summed E-state index contributed by atoms with van der Waals surface area (Å²) in [6.45, 7) is 6.70. The van der Waals surface area contributed by atoms with E-state index in [0.29, 0.717) is 0 Å². The smallest absolute Gasteiger partial charge is 0.340 e. The standard InChI is InChI=1S/C12H18O6/c1-7(9(13)16-4)8(2)12(6-18-12)11(3,15)10(14)17-5/h8,15H,1,6H2,2-5H3/t8-,11-,12-/m0/s1. The number of hydrogen-bond donors (Lipinski definition) is 1. The minimum Gasteiger partial charge on any atom is -0.467 e. The third kappa shape index (κ3) is 2.02. The van der Waals surface area contributed by atoms with Crippen LogP contribution in [-0.4, -0.2) is 49.1 Å². The van der Waals surface area contributed by atoms with Crippen molar-refractivity contribution in [3.05, 3.63) is 12.2 Å². The molecule has 1 heterocycles. The minimum atomic E-state index is -1.85. The van der Waals surface area contributed by atoms with Crippen LogP contribution in [0, 0.1) is 5.92 Å². The lowest BCUT2D eigenvalue weighted by Gasteiger charge is -2.32. The van der Waals surface area contributed by atoms with Gasteiger partial charge in [0.25, 0.3) is 0 Å². The maximum Gasteiger partial charge on any atom is 0.340 e. The van der Waals surface area contributed by atoms with Crippen molar-refractivity contribution in [2.75, 3.05) is 20.8 Å². The van der Waals surface area contributed by atoms with Crippen LogP contribution in [0.3, 0.4) is 0 Å². The molecule has 6 nitrogen and oxygen atoms in total. The van der Waals surface area contributed by atoms with Crippen LogP contribution in [0.5, 0.6) is 0 Å². The van der Waals surface area contributed by atoms with Crippen molar-refractivity contribution in [3.63, 3.8) is 0 Å². The van der Waals surface area contributed by atoms with Gasteiger partial charge >= 0.3 is 11.9 Å². The van der Waals surface area contributed by atoms with E-state index in [2.05, 4.69) is 16.1 Å². The van der Waals surface area contributed by atoms with Crippen molar-refractivity contribution in [2.24, 2.45) is 5.92 Å². The van der Waals surface area contributed by atoms with Gasteiger partial charge < -0.3 is 19.3 Å². The Labute approximate surface area is 106 Å². The van der Waals surface area contributed by atoms with E-state index in [1.165, 1.54) is 21.1 Å². The maximum atomic E-state index is 11.6. The molecule has 0 aromatic carbocycles. The minimum absolute atomic E-state index is 0.138. The molecular formula is C12H18O6. The summed E-state index contributed by atoms with van der Waals surface area (Å²) in [4.78, 5) is 23.0. The van der Waals surface area contributed by atoms with E-state index >= 15 is 0 Å². The summed E-state index contributed by atoms with van der Waals surface area (Å²) in [5, 5.41) is 10.3. The summed E-state index contributed by atoms with van der Waals surface area (Å²) < 4.78 is 14.3. The quantitative estimate of drug-likeness (QED) is 0.426. The third-order valence-corrected chi connectivity index (χ3v) is 3.53. The summed E-state index contributed by atoms with van der Waals surface area (Å²) in [6.07, 6.45) is 0. The lowest BCUT2D eigenvalue weighted by molar-refractivity contribution is -0.170. The second-order valence-electron chi connectivity index (χ2n) is 4.48. The Bertz CT molecular complexity index is 380. The topological polar surface area (TPSA) is 85.4 Å². The van der Waals surface area contributed by atoms with Crippen LogP contribution >= 0.6 is 0 Å². The van der Waals surface area contributed by atoms with E-state index in [0.717, 1.165) is 0 Å². The molecule has 0 aromatic heterocycles. The Morgan fingerprint density at radius 3 is 2.28 bits per heavy atom.